The van der Waals surface area contributed by atoms with E-state index in [-0.39, 0.29) is 5.91 Å². The van der Waals surface area contributed by atoms with Crippen LogP contribution in [0.3, 0.4) is 0 Å². The van der Waals surface area contributed by atoms with E-state index in [1.165, 1.54) is 25.7 Å². The summed E-state index contributed by atoms with van der Waals surface area (Å²) in [6.45, 7) is 0. The molecular formula is C15H23NOS. The average Bonchev–Trinajstić information content (AvgIpc) is 2.39. The second kappa shape index (κ2) is 10.0. The zero-order valence-electron chi connectivity index (χ0n) is 10.9. The molecule has 1 rings (SSSR count). The van der Waals surface area contributed by atoms with Crippen LogP contribution in [0.5, 0.6) is 0 Å². The van der Waals surface area contributed by atoms with E-state index >= 15 is 0 Å². The molecular weight excluding hydrogens is 242 g/mol. The molecule has 0 aliphatic heterocycles. The van der Waals surface area contributed by atoms with Gasteiger partial charge in [0.1, 0.15) is 0 Å². The molecule has 1 aromatic carbocycles. The lowest BCUT2D eigenvalue weighted by Crippen LogP contribution is -2.10. The lowest BCUT2D eigenvalue weighted by atomic mass is 10.1. The Morgan fingerprint density at radius 1 is 0.944 bits per heavy atom. The number of carbonyl (C=O) groups is 1. The Kier molecular flexibility index (Phi) is 8.40. The zero-order chi connectivity index (χ0) is 13.1. The number of para-hydroxylation sites is 1. The number of thiol groups is 1. The van der Waals surface area contributed by atoms with E-state index in [2.05, 4.69) is 17.9 Å². The van der Waals surface area contributed by atoms with Gasteiger partial charge in [-0.05, 0) is 30.7 Å². The minimum Gasteiger partial charge on any atom is -0.326 e. The molecule has 0 radical (unpaired) electrons. The average molecular weight is 265 g/mol. The third kappa shape index (κ3) is 7.38. The highest BCUT2D eigenvalue weighted by Crippen LogP contribution is 2.10. The van der Waals surface area contributed by atoms with Crippen LogP contribution in [0.15, 0.2) is 30.3 Å². The van der Waals surface area contributed by atoms with E-state index < -0.39 is 0 Å². The van der Waals surface area contributed by atoms with Gasteiger partial charge in [-0.1, -0.05) is 43.9 Å². The molecule has 18 heavy (non-hydrogen) atoms. The zero-order valence-corrected chi connectivity index (χ0v) is 11.8. The Balaban J connectivity index is 2.00. The largest absolute Gasteiger partial charge is 0.326 e. The Morgan fingerprint density at radius 2 is 1.56 bits per heavy atom. The van der Waals surface area contributed by atoms with Crippen LogP contribution in [0.25, 0.3) is 0 Å². The summed E-state index contributed by atoms with van der Waals surface area (Å²) in [7, 11) is 0. The maximum absolute atomic E-state index is 11.6. The fourth-order valence-electron chi connectivity index (χ4n) is 1.85. The third-order valence-electron chi connectivity index (χ3n) is 2.87. The lowest BCUT2D eigenvalue weighted by molar-refractivity contribution is -0.116. The van der Waals surface area contributed by atoms with E-state index in [0.29, 0.717) is 6.42 Å². The molecule has 2 nitrogen and oxygen atoms in total. The summed E-state index contributed by atoms with van der Waals surface area (Å²) >= 11 is 4.19. The van der Waals surface area contributed by atoms with Gasteiger partial charge in [0, 0.05) is 12.1 Å². The first-order valence-electron chi connectivity index (χ1n) is 6.78. The highest BCUT2D eigenvalue weighted by molar-refractivity contribution is 7.80. The highest BCUT2D eigenvalue weighted by atomic mass is 32.1. The fraction of sp³-hybridized carbons (Fsp3) is 0.533. The molecule has 100 valence electrons. The lowest BCUT2D eigenvalue weighted by Gasteiger charge is -2.04. The molecule has 0 atom stereocenters. The number of carbonyl (C=O) groups excluding carboxylic acids is 1. The summed E-state index contributed by atoms with van der Waals surface area (Å²) in [5.41, 5.74) is 0.885. The predicted molar refractivity (Wildman–Crippen MR) is 81.2 cm³/mol. The molecule has 0 aromatic heterocycles. The summed E-state index contributed by atoms with van der Waals surface area (Å²) in [4.78, 5) is 11.6. The summed E-state index contributed by atoms with van der Waals surface area (Å²) in [5, 5.41) is 2.90. The van der Waals surface area contributed by atoms with Gasteiger partial charge in [-0.15, -0.1) is 0 Å². The van der Waals surface area contributed by atoms with Crippen molar-refractivity contribution in [3.8, 4) is 0 Å². The van der Waals surface area contributed by atoms with Crippen molar-refractivity contribution in [1.82, 2.24) is 0 Å². The van der Waals surface area contributed by atoms with Crippen LogP contribution in [0, 0.1) is 0 Å². The first-order chi connectivity index (χ1) is 8.83. The van der Waals surface area contributed by atoms with Crippen molar-refractivity contribution < 1.29 is 4.79 Å². The normalized spacial score (nSPS) is 10.3. The van der Waals surface area contributed by atoms with Gasteiger partial charge in [0.2, 0.25) is 5.91 Å². The number of anilines is 1. The topological polar surface area (TPSA) is 29.1 Å². The molecule has 0 bridgehead atoms. The number of unbranched alkanes of at least 4 members (excludes halogenated alkanes) is 5. The van der Waals surface area contributed by atoms with Crippen molar-refractivity contribution in [3.05, 3.63) is 30.3 Å². The highest BCUT2D eigenvalue weighted by Gasteiger charge is 2.01. The molecule has 0 spiro atoms. The van der Waals surface area contributed by atoms with Crippen molar-refractivity contribution >= 4 is 24.2 Å². The van der Waals surface area contributed by atoms with Crippen LogP contribution >= 0.6 is 12.6 Å². The van der Waals surface area contributed by atoms with Crippen molar-refractivity contribution in [1.29, 1.82) is 0 Å². The molecule has 1 aromatic rings. The number of benzene rings is 1. The molecule has 0 fully saturated rings. The molecule has 0 heterocycles. The molecule has 0 saturated heterocycles. The molecule has 0 saturated carbocycles. The molecule has 1 N–H and O–H groups in total. The molecule has 3 heteroatoms. The minimum atomic E-state index is 0.122. The van der Waals surface area contributed by atoms with Crippen molar-refractivity contribution in [3.63, 3.8) is 0 Å². The van der Waals surface area contributed by atoms with Gasteiger partial charge < -0.3 is 5.32 Å². The number of rotatable bonds is 9. The van der Waals surface area contributed by atoms with Gasteiger partial charge in [-0.2, -0.15) is 12.6 Å². The maximum atomic E-state index is 11.6. The van der Waals surface area contributed by atoms with Gasteiger partial charge >= 0.3 is 0 Å². The van der Waals surface area contributed by atoms with E-state index in [4.69, 9.17) is 0 Å². The van der Waals surface area contributed by atoms with Crippen LogP contribution < -0.4 is 5.32 Å². The van der Waals surface area contributed by atoms with Gasteiger partial charge in [0.15, 0.2) is 0 Å². The van der Waals surface area contributed by atoms with Gasteiger partial charge in [-0.25, -0.2) is 0 Å². The summed E-state index contributed by atoms with van der Waals surface area (Å²) < 4.78 is 0. The monoisotopic (exact) mass is 265 g/mol. The van der Waals surface area contributed by atoms with Crippen LogP contribution in [0.2, 0.25) is 0 Å². The van der Waals surface area contributed by atoms with Crippen LogP contribution in [0.4, 0.5) is 5.69 Å². The fourth-order valence-corrected chi connectivity index (χ4v) is 2.07. The first kappa shape index (κ1) is 15.1. The molecule has 0 aliphatic carbocycles. The quantitative estimate of drug-likeness (QED) is 0.506. The predicted octanol–water partition coefficient (Wildman–Crippen LogP) is 4.29. The SMILES string of the molecule is O=C(CCCCCCCCS)Nc1ccccc1. The second-order valence-electron chi connectivity index (χ2n) is 4.51. The van der Waals surface area contributed by atoms with Crippen LogP contribution in [-0.2, 0) is 4.79 Å². The third-order valence-corrected chi connectivity index (χ3v) is 3.19. The first-order valence-corrected chi connectivity index (χ1v) is 7.42. The Labute approximate surface area is 116 Å². The Bertz CT molecular complexity index is 327. The summed E-state index contributed by atoms with van der Waals surface area (Å²) in [6, 6.07) is 9.62. The Morgan fingerprint density at radius 3 is 2.22 bits per heavy atom. The van der Waals surface area contributed by atoms with Gasteiger partial charge in [0.05, 0.1) is 0 Å². The molecule has 0 aliphatic rings. The van der Waals surface area contributed by atoms with Crippen LogP contribution in [-0.4, -0.2) is 11.7 Å². The molecule has 0 unspecified atom stereocenters. The summed E-state index contributed by atoms with van der Waals surface area (Å²) in [5.74, 6) is 1.11. The Hall–Kier alpha value is -0.960. The van der Waals surface area contributed by atoms with E-state index in [9.17, 15) is 4.79 Å². The number of nitrogens with one attached hydrogen (secondary N) is 1. The maximum Gasteiger partial charge on any atom is 0.224 e. The van der Waals surface area contributed by atoms with Crippen molar-refractivity contribution in [2.24, 2.45) is 0 Å². The van der Waals surface area contributed by atoms with Crippen LogP contribution in [0.1, 0.15) is 44.9 Å². The van der Waals surface area contributed by atoms with Crippen molar-refractivity contribution in [2.45, 2.75) is 44.9 Å². The minimum absolute atomic E-state index is 0.122. The number of amides is 1. The smallest absolute Gasteiger partial charge is 0.224 e. The van der Waals surface area contributed by atoms with Gasteiger partial charge in [-0.3, -0.25) is 4.79 Å². The van der Waals surface area contributed by atoms with E-state index in [0.717, 1.165) is 24.3 Å². The van der Waals surface area contributed by atoms with E-state index in [1.54, 1.807) is 0 Å². The van der Waals surface area contributed by atoms with Crippen molar-refractivity contribution in [2.75, 3.05) is 11.1 Å². The number of hydrogen-bond donors (Lipinski definition) is 2. The number of hydrogen-bond acceptors (Lipinski definition) is 2. The second-order valence-corrected chi connectivity index (χ2v) is 4.96. The summed E-state index contributed by atoms with van der Waals surface area (Å²) in [6.07, 6.45) is 7.72. The van der Waals surface area contributed by atoms with Gasteiger partial charge in [0.25, 0.3) is 0 Å². The molecule has 1 amide bonds. The standard InChI is InChI=1S/C15H23NOS/c17-15(16-14-10-6-5-7-11-14)12-8-3-1-2-4-9-13-18/h5-7,10-11,18H,1-4,8-9,12-13H2,(H,16,17). The van der Waals surface area contributed by atoms with E-state index in [1.807, 2.05) is 30.3 Å².